The highest BCUT2D eigenvalue weighted by Gasteiger charge is 2.18. The molecule has 1 saturated heterocycles. The van der Waals surface area contributed by atoms with Gasteiger partial charge < -0.3 is 14.9 Å². The van der Waals surface area contributed by atoms with E-state index in [4.69, 9.17) is 0 Å². The number of hydrogen-bond donors (Lipinski definition) is 2. The molecule has 0 atom stereocenters. The molecule has 0 bridgehead atoms. The van der Waals surface area contributed by atoms with E-state index in [1.807, 2.05) is 24.3 Å². The maximum atomic E-state index is 13.0. The van der Waals surface area contributed by atoms with E-state index in [1.165, 1.54) is 28.7 Å². The highest BCUT2D eigenvalue weighted by Crippen LogP contribution is 2.20. The van der Waals surface area contributed by atoms with Crippen molar-refractivity contribution in [2.45, 2.75) is 32.7 Å². The molecule has 1 aliphatic heterocycles. The topological polar surface area (TPSA) is 77.1 Å². The summed E-state index contributed by atoms with van der Waals surface area (Å²) in [6.07, 6.45) is 3.60. The van der Waals surface area contributed by atoms with Crippen LogP contribution in [0.5, 0.6) is 0 Å². The summed E-state index contributed by atoms with van der Waals surface area (Å²) in [6.45, 7) is 7.00. The van der Waals surface area contributed by atoms with Gasteiger partial charge in [0, 0.05) is 55.9 Å². The summed E-state index contributed by atoms with van der Waals surface area (Å²) in [6, 6.07) is 16.6. The van der Waals surface area contributed by atoms with E-state index in [1.54, 1.807) is 0 Å². The maximum absolute atomic E-state index is 13.0. The monoisotopic (exact) mass is 445 g/mol. The number of para-hydroxylation sites is 1. The normalized spacial score (nSPS) is 15.0. The molecule has 4 aromatic rings. The molecule has 3 heterocycles. The lowest BCUT2D eigenvalue weighted by molar-refractivity contribution is 0.246. The van der Waals surface area contributed by atoms with Gasteiger partial charge in [-0.1, -0.05) is 43.7 Å². The quantitative estimate of drug-likeness (QED) is 0.457. The molecule has 7 heteroatoms. The second-order valence-corrected chi connectivity index (χ2v) is 8.91. The maximum Gasteiger partial charge on any atom is 0.328 e. The SMILES string of the molecule is CCCCc1ccc(N2CCN(CCn3c(=O)[nH]c4c([nH]c5ccccc54)c3=O)CC2)cc1. The zero-order valence-electron chi connectivity index (χ0n) is 19.1. The van der Waals surface area contributed by atoms with E-state index in [0.717, 1.165) is 43.5 Å². The number of aryl methyl sites for hydroxylation is 1. The Bertz CT molecular complexity index is 1360. The Morgan fingerprint density at radius 2 is 1.61 bits per heavy atom. The van der Waals surface area contributed by atoms with Crippen LogP contribution in [0.4, 0.5) is 5.69 Å². The Morgan fingerprint density at radius 1 is 0.848 bits per heavy atom. The average Bonchev–Trinajstić information content (AvgIpc) is 3.22. The number of aromatic nitrogens is 3. The molecule has 7 nitrogen and oxygen atoms in total. The molecule has 1 fully saturated rings. The summed E-state index contributed by atoms with van der Waals surface area (Å²) in [5.41, 5.74) is 3.97. The summed E-state index contributed by atoms with van der Waals surface area (Å²) in [5, 5.41) is 0.864. The lowest BCUT2D eigenvalue weighted by Gasteiger charge is -2.36. The van der Waals surface area contributed by atoms with Crippen LogP contribution in [0.25, 0.3) is 21.9 Å². The zero-order chi connectivity index (χ0) is 22.8. The van der Waals surface area contributed by atoms with E-state index in [0.29, 0.717) is 24.1 Å². The number of rotatable bonds is 7. The Balaban J connectivity index is 1.23. The average molecular weight is 446 g/mol. The van der Waals surface area contributed by atoms with Crippen LogP contribution in [0.2, 0.25) is 0 Å². The minimum atomic E-state index is -0.348. The highest BCUT2D eigenvalue weighted by atomic mass is 16.2. The molecular weight excluding hydrogens is 414 g/mol. The molecule has 2 aromatic heterocycles. The Morgan fingerprint density at radius 3 is 2.36 bits per heavy atom. The van der Waals surface area contributed by atoms with Crippen LogP contribution >= 0.6 is 0 Å². The Labute approximate surface area is 192 Å². The van der Waals surface area contributed by atoms with Gasteiger partial charge in [0.1, 0.15) is 5.52 Å². The number of unbranched alkanes of at least 4 members (excludes halogenated alkanes) is 1. The predicted molar refractivity (Wildman–Crippen MR) is 134 cm³/mol. The van der Waals surface area contributed by atoms with Crippen molar-refractivity contribution in [2.75, 3.05) is 37.6 Å². The van der Waals surface area contributed by atoms with Crippen LogP contribution in [0.1, 0.15) is 25.3 Å². The molecule has 2 aromatic carbocycles. The largest absolute Gasteiger partial charge is 0.369 e. The fourth-order valence-electron chi connectivity index (χ4n) is 4.76. The van der Waals surface area contributed by atoms with Gasteiger partial charge in [0.05, 0.1) is 5.52 Å². The molecule has 5 rings (SSSR count). The van der Waals surface area contributed by atoms with Crippen LogP contribution in [-0.4, -0.2) is 52.2 Å². The van der Waals surface area contributed by atoms with Crippen molar-refractivity contribution in [3.05, 3.63) is 74.9 Å². The number of aromatic amines is 2. The predicted octanol–water partition coefficient (Wildman–Crippen LogP) is 3.34. The zero-order valence-corrected chi connectivity index (χ0v) is 19.1. The summed E-state index contributed by atoms with van der Waals surface area (Å²) >= 11 is 0. The molecule has 1 aliphatic rings. The van der Waals surface area contributed by atoms with Crippen molar-refractivity contribution in [1.29, 1.82) is 0 Å². The van der Waals surface area contributed by atoms with Gasteiger partial charge in [0.15, 0.2) is 0 Å². The smallest absolute Gasteiger partial charge is 0.328 e. The van der Waals surface area contributed by atoms with E-state index >= 15 is 0 Å². The van der Waals surface area contributed by atoms with Crippen molar-refractivity contribution >= 4 is 27.6 Å². The molecule has 172 valence electrons. The van der Waals surface area contributed by atoms with Crippen LogP contribution in [0.3, 0.4) is 0 Å². The van der Waals surface area contributed by atoms with Gasteiger partial charge in [-0.2, -0.15) is 0 Å². The fraction of sp³-hybridized carbons (Fsp3) is 0.385. The first-order chi connectivity index (χ1) is 16.1. The third kappa shape index (κ3) is 4.33. The molecule has 0 radical (unpaired) electrons. The molecule has 0 unspecified atom stereocenters. The Hall–Kier alpha value is -3.32. The first-order valence-electron chi connectivity index (χ1n) is 11.9. The van der Waals surface area contributed by atoms with E-state index in [9.17, 15) is 9.59 Å². The number of nitrogens with one attached hydrogen (secondary N) is 2. The summed E-state index contributed by atoms with van der Waals surface area (Å²) in [4.78, 5) is 36.5. The highest BCUT2D eigenvalue weighted by molar-refractivity contribution is 6.04. The van der Waals surface area contributed by atoms with E-state index in [-0.39, 0.29) is 11.2 Å². The lowest BCUT2D eigenvalue weighted by Crippen LogP contribution is -2.48. The van der Waals surface area contributed by atoms with Gasteiger partial charge >= 0.3 is 5.69 Å². The van der Waals surface area contributed by atoms with Crippen LogP contribution in [0, 0.1) is 0 Å². The number of hydrogen-bond acceptors (Lipinski definition) is 4. The van der Waals surface area contributed by atoms with Gasteiger partial charge in [-0.05, 0) is 36.6 Å². The first kappa shape index (κ1) is 21.5. The second-order valence-electron chi connectivity index (χ2n) is 8.91. The van der Waals surface area contributed by atoms with Crippen molar-refractivity contribution in [3.8, 4) is 0 Å². The number of fused-ring (bicyclic) bond motifs is 3. The lowest BCUT2D eigenvalue weighted by atomic mass is 10.1. The minimum Gasteiger partial charge on any atom is -0.369 e. The fourth-order valence-corrected chi connectivity index (χ4v) is 4.76. The second kappa shape index (κ2) is 9.27. The molecular formula is C26H31N5O2. The van der Waals surface area contributed by atoms with Gasteiger partial charge in [0.2, 0.25) is 0 Å². The van der Waals surface area contributed by atoms with Crippen molar-refractivity contribution in [1.82, 2.24) is 19.4 Å². The van der Waals surface area contributed by atoms with Gasteiger partial charge in [-0.3, -0.25) is 14.3 Å². The number of anilines is 1. The molecule has 0 amide bonds. The standard InChI is InChI=1S/C26H31N5O2/c1-2-3-6-19-9-11-20(12-10-19)30-16-13-29(14-17-30)15-18-31-25(32)24-23(28-26(31)33)21-7-4-5-8-22(21)27-24/h4-5,7-12,27H,2-3,6,13-18H2,1H3,(H,28,33). The molecule has 2 N–H and O–H groups in total. The molecule has 33 heavy (non-hydrogen) atoms. The Kier molecular flexibility index (Phi) is 6.05. The number of nitrogens with zero attached hydrogens (tertiary/aromatic N) is 3. The van der Waals surface area contributed by atoms with Gasteiger partial charge in [0.25, 0.3) is 5.56 Å². The third-order valence-electron chi connectivity index (χ3n) is 6.77. The van der Waals surface area contributed by atoms with Gasteiger partial charge in [-0.15, -0.1) is 0 Å². The molecule has 0 saturated carbocycles. The van der Waals surface area contributed by atoms with Crippen LogP contribution in [-0.2, 0) is 13.0 Å². The third-order valence-corrected chi connectivity index (χ3v) is 6.77. The van der Waals surface area contributed by atoms with Gasteiger partial charge in [-0.25, -0.2) is 4.79 Å². The first-order valence-corrected chi connectivity index (χ1v) is 11.9. The van der Waals surface area contributed by atoms with Crippen LogP contribution < -0.4 is 16.1 Å². The van der Waals surface area contributed by atoms with Crippen molar-refractivity contribution < 1.29 is 0 Å². The van der Waals surface area contributed by atoms with E-state index < -0.39 is 0 Å². The number of piperazine rings is 1. The van der Waals surface area contributed by atoms with Crippen LogP contribution in [0.15, 0.2) is 58.1 Å². The summed E-state index contributed by atoms with van der Waals surface area (Å²) in [7, 11) is 0. The summed E-state index contributed by atoms with van der Waals surface area (Å²) in [5.74, 6) is 0. The minimum absolute atomic E-state index is 0.258. The van der Waals surface area contributed by atoms with Crippen molar-refractivity contribution in [2.24, 2.45) is 0 Å². The number of H-pyrrole nitrogens is 2. The summed E-state index contributed by atoms with van der Waals surface area (Å²) < 4.78 is 1.32. The van der Waals surface area contributed by atoms with E-state index in [2.05, 4.69) is 51.0 Å². The van der Waals surface area contributed by atoms with Crippen molar-refractivity contribution in [3.63, 3.8) is 0 Å². The number of benzene rings is 2. The molecule has 0 spiro atoms. The molecule has 0 aliphatic carbocycles.